The standard InChI is InChI=1S/C46H90N4O3/c1-5-6-7-8-9-10-11-12-13-14-15-28-50-29-16-20-36(2)39-21-22-40-44-41(35-43(46(39,40)4)53-32-19-27-49)45(3)24-23-38(51-30-17-25-47)33-37(45)34-42(44)52-31-18-26-48/h36-44,50H,5-35,47-49H2,1-4H3/t36?,37?,38-,39?,40+,41+,42-,43+,44?,45+,46-/m1/s1. The van der Waals surface area contributed by atoms with E-state index in [0.29, 0.717) is 78.9 Å². The third kappa shape index (κ3) is 12.6. The molecule has 0 bridgehead atoms. The number of rotatable bonds is 29. The van der Waals surface area contributed by atoms with Crippen molar-refractivity contribution in [3.8, 4) is 0 Å². The zero-order valence-electron chi connectivity index (χ0n) is 35.6. The number of ether oxygens (including phenoxy) is 3. The minimum Gasteiger partial charge on any atom is -0.378 e. The summed E-state index contributed by atoms with van der Waals surface area (Å²) in [6.45, 7) is 17.0. The van der Waals surface area contributed by atoms with E-state index in [1.54, 1.807) is 0 Å². The zero-order chi connectivity index (χ0) is 37.9. The Bertz CT molecular complexity index is 956. The van der Waals surface area contributed by atoms with Crippen molar-refractivity contribution < 1.29 is 14.2 Å². The van der Waals surface area contributed by atoms with Gasteiger partial charge >= 0.3 is 0 Å². The average molecular weight is 747 g/mol. The van der Waals surface area contributed by atoms with Crippen molar-refractivity contribution in [3.05, 3.63) is 0 Å². The minimum atomic E-state index is 0.180. The summed E-state index contributed by atoms with van der Waals surface area (Å²) >= 11 is 0. The van der Waals surface area contributed by atoms with E-state index in [4.69, 9.17) is 31.4 Å². The monoisotopic (exact) mass is 747 g/mol. The fourth-order valence-electron chi connectivity index (χ4n) is 12.4. The first kappa shape index (κ1) is 45.4. The van der Waals surface area contributed by atoms with Gasteiger partial charge in [-0.3, -0.25) is 0 Å². The quantitative estimate of drug-likeness (QED) is 0.0564. The maximum absolute atomic E-state index is 7.06. The Morgan fingerprint density at radius 1 is 0.642 bits per heavy atom. The second-order valence-electron chi connectivity index (χ2n) is 18.9. The van der Waals surface area contributed by atoms with E-state index >= 15 is 0 Å². The third-order valence-corrected chi connectivity index (χ3v) is 15.5. The molecule has 0 aromatic carbocycles. The molecule has 0 aromatic heterocycles. The molecule has 0 spiro atoms. The lowest BCUT2D eigenvalue weighted by molar-refractivity contribution is -0.227. The van der Waals surface area contributed by atoms with Crippen LogP contribution in [0.4, 0.5) is 0 Å². The van der Waals surface area contributed by atoms with Gasteiger partial charge in [0.05, 0.1) is 18.3 Å². The van der Waals surface area contributed by atoms with Crippen LogP contribution in [-0.4, -0.2) is 70.9 Å². The van der Waals surface area contributed by atoms with E-state index in [1.807, 2.05) is 0 Å². The van der Waals surface area contributed by atoms with Gasteiger partial charge in [-0.1, -0.05) is 91.9 Å². The van der Waals surface area contributed by atoms with Crippen molar-refractivity contribution in [1.29, 1.82) is 0 Å². The van der Waals surface area contributed by atoms with Gasteiger partial charge in [-0.05, 0) is 157 Å². The van der Waals surface area contributed by atoms with Gasteiger partial charge in [0.1, 0.15) is 0 Å². The van der Waals surface area contributed by atoms with Crippen molar-refractivity contribution in [2.24, 2.45) is 63.5 Å². The number of unbranched alkanes of at least 4 members (excludes halogenated alkanes) is 10. The fraction of sp³-hybridized carbons (Fsp3) is 1.00. The van der Waals surface area contributed by atoms with Crippen LogP contribution in [0.25, 0.3) is 0 Å². The normalized spacial score (nSPS) is 34.5. The van der Waals surface area contributed by atoms with Crippen LogP contribution in [0.1, 0.15) is 175 Å². The zero-order valence-corrected chi connectivity index (χ0v) is 35.6. The van der Waals surface area contributed by atoms with E-state index < -0.39 is 0 Å². The lowest BCUT2D eigenvalue weighted by Gasteiger charge is -2.65. The van der Waals surface area contributed by atoms with Crippen LogP contribution in [0.5, 0.6) is 0 Å². The molecule has 0 heterocycles. The first-order valence-electron chi connectivity index (χ1n) is 23.5. The second-order valence-corrected chi connectivity index (χ2v) is 18.9. The molecule has 4 rings (SSSR count). The maximum atomic E-state index is 7.06. The van der Waals surface area contributed by atoms with Crippen molar-refractivity contribution >= 4 is 0 Å². The molecule has 4 aliphatic carbocycles. The third-order valence-electron chi connectivity index (χ3n) is 15.5. The fourth-order valence-corrected chi connectivity index (χ4v) is 12.4. The van der Waals surface area contributed by atoms with Gasteiger partial charge in [0, 0.05) is 25.2 Å². The van der Waals surface area contributed by atoms with Crippen molar-refractivity contribution in [2.45, 2.75) is 194 Å². The topological polar surface area (TPSA) is 118 Å². The summed E-state index contributed by atoms with van der Waals surface area (Å²) in [7, 11) is 0. The Balaban J connectivity index is 1.33. The smallest absolute Gasteiger partial charge is 0.0637 e. The number of hydrogen-bond donors (Lipinski definition) is 4. The molecule has 11 atom stereocenters. The SMILES string of the molecule is CCCCCCCCCCCCCNCCCC(C)C1CC[C@H]2C3[C@H](OCCCN)CC4C[C@H](OCCCN)CC[C@]4(C)[C@H]3C[C@H](OCCCN)[C@]12C. The van der Waals surface area contributed by atoms with Gasteiger partial charge in [0.25, 0.3) is 0 Å². The van der Waals surface area contributed by atoms with Gasteiger partial charge in [-0.15, -0.1) is 0 Å². The second kappa shape index (κ2) is 24.5. The van der Waals surface area contributed by atoms with Crippen LogP contribution in [0.15, 0.2) is 0 Å². The summed E-state index contributed by atoms with van der Waals surface area (Å²) in [5.41, 5.74) is 18.3. The van der Waals surface area contributed by atoms with Gasteiger partial charge in [0.15, 0.2) is 0 Å². The molecule has 7 N–H and O–H groups in total. The van der Waals surface area contributed by atoms with Crippen LogP contribution in [-0.2, 0) is 14.2 Å². The number of nitrogens with one attached hydrogen (secondary N) is 1. The van der Waals surface area contributed by atoms with E-state index in [9.17, 15) is 0 Å². The Morgan fingerprint density at radius 2 is 1.25 bits per heavy atom. The van der Waals surface area contributed by atoms with Crippen LogP contribution < -0.4 is 22.5 Å². The van der Waals surface area contributed by atoms with Gasteiger partial charge < -0.3 is 36.7 Å². The summed E-state index contributed by atoms with van der Waals surface area (Å²) in [4.78, 5) is 0. The molecular formula is C46H90N4O3. The maximum Gasteiger partial charge on any atom is 0.0637 e. The molecule has 0 saturated heterocycles. The highest BCUT2D eigenvalue weighted by atomic mass is 16.5. The molecule has 53 heavy (non-hydrogen) atoms. The van der Waals surface area contributed by atoms with Crippen molar-refractivity contribution in [3.63, 3.8) is 0 Å². The molecule has 4 unspecified atom stereocenters. The van der Waals surface area contributed by atoms with E-state index in [1.165, 1.54) is 129 Å². The Labute approximate surface area is 328 Å². The molecule has 0 amide bonds. The minimum absolute atomic E-state index is 0.180. The highest BCUT2D eigenvalue weighted by Gasteiger charge is 2.66. The first-order valence-corrected chi connectivity index (χ1v) is 23.5. The Kier molecular flexibility index (Phi) is 21.0. The largest absolute Gasteiger partial charge is 0.378 e. The molecule has 7 heteroatoms. The lowest BCUT2D eigenvalue weighted by atomic mass is 9.43. The summed E-state index contributed by atoms with van der Waals surface area (Å²) in [6.07, 6.45) is 30.5. The van der Waals surface area contributed by atoms with Crippen LogP contribution in [0, 0.1) is 46.3 Å². The van der Waals surface area contributed by atoms with Crippen molar-refractivity contribution in [2.75, 3.05) is 52.5 Å². The number of hydrogen-bond acceptors (Lipinski definition) is 7. The van der Waals surface area contributed by atoms with Crippen LogP contribution in [0.2, 0.25) is 0 Å². The van der Waals surface area contributed by atoms with E-state index in [2.05, 4.69) is 33.0 Å². The molecule has 4 fully saturated rings. The highest BCUT2D eigenvalue weighted by Crippen LogP contribution is 2.69. The van der Waals surface area contributed by atoms with Gasteiger partial charge in [-0.25, -0.2) is 0 Å². The molecule has 4 aliphatic rings. The molecule has 7 nitrogen and oxygen atoms in total. The van der Waals surface area contributed by atoms with Crippen LogP contribution >= 0.6 is 0 Å². The average Bonchev–Trinajstić information content (AvgIpc) is 3.52. The Hall–Kier alpha value is -0.280. The van der Waals surface area contributed by atoms with Gasteiger partial charge in [0.2, 0.25) is 0 Å². The van der Waals surface area contributed by atoms with Crippen molar-refractivity contribution in [1.82, 2.24) is 5.32 Å². The highest BCUT2D eigenvalue weighted by molar-refractivity contribution is 5.15. The number of fused-ring (bicyclic) bond motifs is 5. The molecule has 0 radical (unpaired) electrons. The predicted octanol–water partition coefficient (Wildman–Crippen LogP) is 9.38. The Morgan fingerprint density at radius 3 is 1.91 bits per heavy atom. The van der Waals surface area contributed by atoms with Crippen LogP contribution in [0.3, 0.4) is 0 Å². The molecular weight excluding hydrogens is 657 g/mol. The summed E-state index contributed by atoms with van der Waals surface area (Å²) in [5.74, 6) is 3.91. The van der Waals surface area contributed by atoms with E-state index in [0.717, 1.165) is 52.0 Å². The summed E-state index contributed by atoms with van der Waals surface area (Å²) in [5, 5.41) is 3.81. The predicted molar refractivity (Wildman–Crippen MR) is 224 cm³/mol. The molecule has 312 valence electrons. The molecule has 4 saturated carbocycles. The van der Waals surface area contributed by atoms with E-state index in [-0.39, 0.29) is 5.41 Å². The first-order chi connectivity index (χ1) is 25.8. The summed E-state index contributed by atoms with van der Waals surface area (Å²) in [6, 6.07) is 0. The number of nitrogens with two attached hydrogens (primary N) is 3. The van der Waals surface area contributed by atoms with Gasteiger partial charge in [-0.2, -0.15) is 0 Å². The molecule has 0 aromatic rings. The lowest BCUT2D eigenvalue weighted by Crippen LogP contribution is -2.63. The summed E-state index contributed by atoms with van der Waals surface area (Å²) < 4.78 is 20.4. The molecule has 0 aliphatic heterocycles.